The molecular formula is C14H17BrFNO4S. The molecule has 0 amide bonds. The summed E-state index contributed by atoms with van der Waals surface area (Å²) in [4.78, 5) is 18.2. The van der Waals surface area contributed by atoms with E-state index in [2.05, 4.69) is 25.9 Å². The third kappa shape index (κ3) is 5.51. The summed E-state index contributed by atoms with van der Waals surface area (Å²) in [6.45, 7) is 6.94. The molecule has 0 aliphatic rings. The van der Waals surface area contributed by atoms with Gasteiger partial charge in [0.1, 0.15) is 5.75 Å². The highest BCUT2D eigenvalue weighted by molar-refractivity contribution is 9.11. The smallest absolute Gasteiger partial charge is 0.353 e. The van der Waals surface area contributed by atoms with Crippen molar-refractivity contribution in [3.05, 3.63) is 21.1 Å². The Morgan fingerprint density at radius 3 is 2.55 bits per heavy atom. The molecule has 0 spiro atoms. The quantitative estimate of drug-likeness (QED) is 0.810. The van der Waals surface area contributed by atoms with E-state index in [4.69, 9.17) is 5.11 Å². The number of hydrogen-bond acceptors (Lipinski definition) is 6. The molecule has 22 heavy (non-hydrogen) atoms. The van der Waals surface area contributed by atoms with Crippen LogP contribution in [0.5, 0.6) is 5.75 Å². The monoisotopic (exact) mass is 393 g/mol. The molecule has 2 rings (SSSR count). The van der Waals surface area contributed by atoms with E-state index in [1.54, 1.807) is 33.8 Å². The first-order valence-electron chi connectivity index (χ1n) is 6.34. The summed E-state index contributed by atoms with van der Waals surface area (Å²) in [7, 11) is 0. The number of aryl methyl sites for hydroxylation is 1. The second kappa shape index (κ2) is 7.34. The summed E-state index contributed by atoms with van der Waals surface area (Å²) >= 11 is 4.46. The van der Waals surface area contributed by atoms with E-state index in [1.807, 2.05) is 0 Å². The highest BCUT2D eigenvalue weighted by Gasteiger charge is 2.17. The van der Waals surface area contributed by atoms with E-state index in [-0.39, 0.29) is 12.2 Å². The van der Waals surface area contributed by atoms with Crippen LogP contribution in [0.25, 0.3) is 10.2 Å². The summed E-state index contributed by atoms with van der Waals surface area (Å²) in [5, 5.41) is 18.5. The minimum atomic E-state index is -1.04. The largest absolute Gasteiger partial charge is 0.506 e. The maximum Gasteiger partial charge on any atom is 0.353 e. The predicted molar refractivity (Wildman–Crippen MR) is 86.6 cm³/mol. The van der Waals surface area contributed by atoms with Crippen molar-refractivity contribution in [3.63, 3.8) is 0 Å². The van der Waals surface area contributed by atoms with Crippen molar-refractivity contribution in [2.45, 2.75) is 39.7 Å². The fourth-order valence-electron chi connectivity index (χ4n) is 1.58. The Morgan fingerprint density at radius 1 is 1.50 bits per heavy atom. The molecule has 1 heterocycles. The van der Waals surface area contributed by atoms with Crippen molar-refractivity contribution in [1.82, 2.24) is 4.98 Å². The van der Waals surface area contributed by atoms with Gasteiger partial charge in [-0.2, -0.15) is 0 Å². The van der Waals surface area contributed by atoms with Crippen molar-refractivity contribution in [2.75, 3.05) is 0 Å². The number of aromatic nitrogens is 1. The fourth-order valence-corrected chi connectivity index (χ4v) is 3.00. The van der Waals surface area contributed by atoms with Crippen molar-refractivity contribution >= 4 is 43.5 Å². The number of nitrogens with zero attached hydrogens (tertiary/aromatic N) is 1. The lowest BCUT2D eigenvalue weighted by Crippen LogP contribution is -2.10. The molecule has 0 atom stereocenters. The summed E-state index contributed by atoms with van der Waals surface area (Å²) in [6, 6.07) is 1.73. The Kier molecular flexibility index (Phi) is 6.27. The molecule has 8 heteroatoms. The molecule has 0 fully saturated rings. The lowest BCUT2D eigenvalue weighted by Gasteiger charge is -2.06. The summed E-state index contributed by atoms with van der Waals surface area (Å²) in [6.07, 6.45) is -0.306. The summed E-state index contributed by atoms with van der Waals surface area (Å²) in [5.74, 6) is -1.08. The van der Waals surface area contributed by atoms with Gasteiger partial charge >= 0.3 is 5.97 Å². The van der Waals surface area contributed by atoms with Gasteiger partial charge in [-0.3, -0.25) is 4.94 Å². The molecule has 2 aromatic rings. The van der Waals surface area contributed by atoms with E-state index in [1.165, 1.54) is 11.3 Å². The highest BCUT2D eigenvalue weighted by Crippen LogP contribution is 2.37. The van der Waals surface area contributed by atoms with Crippen molar-refractivity contribution < 1.29 is 24.5 Å². The molecule has 0 radical (unpaired) electrons. The predicted octanol–water partition coefficient (Wildman–Crippen LogP) is 3.82. The fraction of sp³-hybridized carbons (Fsp3) is 0.429. The summed E-state index contributed by atoms with van der Waals surface area (Å²) in [5.41, 5.74) is 1.16. The van der Waals surface area contributed by atoms with Crippen LogP contribution in [0.1, 0.15) is 31.9 Å². The van der Waals surface area contributed by atoms with Crippen LogP contribution in [0.3, 0.4) is 0 Å². The molecule has 0 bridgehead atoms. The first kappa shape index (κ1) is 18.8. The van der Waals surface area contributed by atoms with Crippen molar-refractivity contribution in [2.24, 2.45) is 0 Å². The molecule has 1 aromatic heterocycles. The van der Waals surface area contributed by atoms with Crippen LogP contribution in [0.4, 0.5) is 4.53 Å². The van der Waals surface area contributed by atoms with E-state index in [0.717, 1.165) is 0 Å². The van der Waals surface area contributed by atoms with Gasteiger partial charge in [0.15, 0.2) is 3.92 Å². The number of halogens is 2. The zero-order chi connectivity index (χ0) is 17.1. The number of carbonyl (C=O) groups excluding carboxylic acids is 1. The average Bonchev–Trinajstić information content (AvgIpc) is 2.73. The van der Waals surface area contributed by atoms with Crippen LogP contribution in [0.15, 0.2) is 9.98 Å². The highest BCUT2D eigenvalue weighted by atomic mass is 79.9. The first-order valence-corrected chi connectivity index (χ1v) is 7.95. The van der Waals surface area contributed by atoms with Gasteiger partial charge in [0, 0.05) is 10.1 Å². The van der Waals surface area contributed by atoms with Gasteiger partial charge in [-0.1, -0.05) is 0 Å². The van der Waals surface area contributed by atoms with Gasteiger partial charge in [-0.25, -0.2) is 9.78 Å². The molecule has 0 unspecified atom stereocenters. The average molecular weight is 394 g/mol. The second-order valence-corrected chi connectivity index (χ2v) is 7.91. The Bertz CT molecular complexity index is 676. The maximum atomic E-state index is 11.7. The number of carbonyl (C=O) groups is 1. The molecule has 0 saturated heterocycles. The van der Waals surface area contributed by atoms with Crippen LogP contribution < -0.4 is 0 Å². The Labute approximate surface area is 139 Å². The Hall–Kier alpha value is -1.25. The van der Waals surface area contributed by atoms with Crippen molar-refractivity contribution in [1.29, 1.82) is 0 Å². The van der Waals surface area contributed by atoms with Crippen LogP contribution in [0, 0.1) is 6.92 Å². The summed E-state index contributed by atoms with van der Waals surface area (Å²) < 4.78 is 12.9. The maximum absolute atomic E-state index is 11.7. The number of fused-ring (bicyclic) bond motifs is 1. The number of benzene rings is 1. The molecule has 1 aromatic carbocycles. The third-order valence-corrected chi connectivity index (χ3v) is 3.89. The minimum absolute atomic E-state index is 0.0476. The van der Waals surface area contributed by atoms with E-state index >= 15 is 0 Å². The van der Waals surface area contributed by atoms with Gasteiger partial charge in [-0.15, -0.1) is 11.3 Å². The zero-order valence-electron chi connectivity index (χ0n) is 12.6. The van der Waals surface area contributed by atoms with E-state index in [9.17, 15) is 14.4 Å². The SMILES string of the molecule is CC(C)(C)O.Cc1cc2nc(Br)sc2c(O)c1CC(=O)OF. The van der Waals surface area contributed by atoms with Gasteiger partial charge in [-0.05, 0) is 55.3 Å². The minimum Gasteiger partial charge on any atom is -0.506 e. The van der Waals surface area contributed by atoms with Gasteiger partial charge in [0.05, 0.1) is 22.2 Å². The Morgan fingerprint density at radius 2 is 2.05 bits per heavy atom. The number of aliphatic hydroxyl groups is 1. The first-order chi connectivity index (χ1) is 10.0. The van der Waals surface area contributed by atoms with Crippen LogP contribution in [-0.2, 0) is 16.2 Å². The van der Waals surface area contributed by atoms with E-state index in [0.29, 0.717) is 25.3 Å². The molecule has 0 aliphatic heterocycles. The normalized spacial score (nSPS) is 11.0. The standard InChI is InChI=1S/C10H7BrFNO3S.C4H10O/c1-4-2-6-9(17-10(11)13-6)8(15)5(4)3-7(14)16-12;1-4(2,3)5/h2,15H,3H2,1H3;5H,1-3H3. The number of phenols is 1. The molecule has 122 valence electrons. The third-order valence-electron chi connectivity index (χ3n) is 2.36. The van der Waals surface area contributed by atoms with Gasteiger partial charge in [0.2, 0.25) is 0 Å². The number of rotatable bonds is 2. The molecule has 0 aliphatic carbocycles. The molecule has 0 saturated carbocycles. The number of hydrogen-bond donors (Lipinski definition) is 2. The van der Waals surface area contributed by atoms with Crippen LogP contribution >= 0.6 is 27.3 Å². The zero-order valence-corrected chi connectivity index (χ0v) is 15.0. The number of thiazole rings is 1. The molecule has 2 N–H and O–H groups in total. The topological polar surface area (TPSA) is 79.7 Å². The lowest BCUT2D eigenvalue weighted by atomic mass is 10.0. The molecule has 5 nitrogen and oxygen atoms in total. The van der Waals surface area contributed by atoms with Gasteiger partial charge in [0.25, 0.3) is 0 Å². The molecular weight excluding hydrogens is 377 g/mol. The number of phenolic OH excluding ortho intramolecular Hbond substituents is 1. The second-order valence-electron chi connectivity index (χ2n) is 5.63. The Balaban J connectivity index is 0.000000422. The van der Waals surface area contributed by atoms with Crippen molar-refractivity contribution in [3.8, 4) is 5.75 Å². The van der Waals surface area contributed by atoms with Gasteiger partial charge < -0.3 is 10.2 Å². The van der Waals surface area contributed by atoms with Crippen LogP contribution in [-0.4, -0.2) is 26.8 Å². The lowest BCUT2D eigenvalue weighted by molar-refractivity contribution is -0.182. The number of aromatic hydroxyl groups is 1. The van der Waals surface area contributed by atoms with E-state index < -0.39 is 11.6 Å². The van der Waals surface area contributed by atoms with Crippen LogP contribution in [0.2, 0.25) is 0 Å².